The van der Waals surface area contributed by atoms with Crippen LogP contribution >= 0.6 is 0 Å². The first-order chi connectivity index (χ1) is 16.9. The highest BCUT2D eigenvalue weighted by Gasteiger charge is 2.50. The fourth-order valence-corrected chi connectivity index (χ4v) is 5.58. The van der Waals surface area contributed by atoms with Gasteiger partial charge in [0.25, 0.3) is 0 Å². The second kappa shape index (κ2) is 9.34. The number of carbonyl (C=O) groups is 1. The fraction of sp³-hybridized carbons (Fsp3) is 0.364. The van der Waals surface area contributed by atoms with Gasteiger partial charge < -0.3 is 19.5 Å². The Morgan fingerprint density at radius 1 is 1.11 bits per heavy atom. The first kappa shape index (κ1) is 23.4. The average Bonchev–Trinajstić information content (AvgIpc) is 3.56. The highest BCUT2D eigenvalue weighted by molar-refractivity contribution is 7.89. The molecule has 13 heteroatoms. The number of tetrazole rings is 1. The van der Waals surface area contributed by atoms with Crippen molar-refractivity contribution in [3.8, 4) is 17.1 Å². The van der Waals surface area contributed by atoms with Crippen LogP contribution < -0.4 is 14.8 Å². The lowest BCUT2D eigenvalue weighted by molar-refractivity contribution is -0.114. The summed E-state index contributed by atoms with van der Waals surface area (Å²) < 4.78 is 47.5. The molecule has 1 aromatic heterocycles. The van der Waals surface area contributed by atoms with Crippen LogP contribution in [0, 0.1) is 0 Å². The van der Waals surface area contributed by atoms with Gasteiger partial charge in [-0.15, -0.1) is 5.10 Å². The lowest BCUT2D eigenvalue weighted by Crippen LogP contribution is -2.44. The van der Waals surface area contributed by atoms with Crippen molar-refractivity contribution < 1.29 is 27.4 Å². The van der Waals surface area contributed by atoms with Crippen LogP contribution in [0.1, 0.15) is 13.0 Å². The maximum Gasteiger partial charge on any atom is 0.240 e. The molecule has 4 atom stereocenters. The summed E-state index contributed by atoms with van der Waals surface area (Å²) >= 11 is 0. The molecular weight excluding hydrogens is 476 g/mol. The van der Waals surface area contributed by atoms with Crippen molar-refractivity contribution in [1.29, 1.82) is 0 Å². The number of nitrogens with zero attached hydrogens (tertiary/aromatic N) is 4. The molecule has 3 heterocycles. The Kier molecular flexibility index (Phi) is 6.23. The van der Waals surface area contributed by atoms with E-state index in [0.717, 1.165) is 5.56 Å². The minimum atomic E-state index is -3.84. The molecule has 0 aliphatic carbocycles. The fourth-order valence-electron chi connectivity index (χ4n) is 4.35. The van der Waals surface area contributed by atoms with Crippen LogP contribution in [-0.2, 0) is 24.3 Å². The number of sulfonamides is 1. The van der Waals surface area contributed by atoms with Gasteiger partial charge in [-0.1, -0.05) is 12.1 Å². The van der Waals surface area contributed by atoms with Crippen LogP contribution in [0.3, 0.4) is 0 Å². The van der Waals surface area contributed by atoms with E-state index in [4.69, 9.17) is 14.2 Å². The van der Waals surface area contributed by atoms with E-state index in [2.05, 4.69) is 25.6 Å². The van der Waals surface area contributed by atoms with E-state index in [0.29, 0.717) is 17.3 Å². The minimum absolute atomic E-state index is 0.0744. The van der Waals surface area contributed by atoms with Crippen LogP contribution in [0.5, 0.6) is 5.75 Å². The summed E-state index contributed by atoms with van der Waals surface area (Å²) in [5.41, 5.74) is 1.28. The van der Waals surface area contributed by atoms with Crippen LogP contribution in [0.4, 0.5) is 5.69 Å². The molecule has 2 aliphatic rings. The van der Waals surface area contributed by atoms with Crippen molar-refractivity contribution in [1.82, 2.24) is 24.9 Å². The van der Waals surface area contributed by atoms with E-state index < -0.39 is 28.3 Å². The van der Waals surface area contributed by atoms with Crippen LogP contribution in [0.25, 0.3) is 11.4 Å². The Balaban J connectivity index is 1.31. The number of aromatic nitrogens is 4. The molecule has 0 bridgehead atoms. The summed E-state index contributed by atoms with van der Waals surface area (Å²) in [4.78, 5) is 11.3. The third-order valence-electron chi connectivity index (χ3n) is 5.95. The molecule has 0 unspecified atom stereocenters. The van der Waals surface area contributed by atoms with Gasteiger partial charge in [-0.3, -0.25) is 4.79 Å². The number of amides is 1. The van der Waals surface area contributed by atoms with Crippen LogP contribution in [0.15, 0.2) is 53.4 Å². The zero-order valence-corrected chi connectivity index (χ0v) is 19.8. The number of hydrogen-bond donors (Lipinski definition) is 2. The van der Waals surface area contributed by atoms with E-state index in [9.17, 15) is 13.2 Å². The molecule has 2 aromatic carbocycles. The Hall–Kier alpha value is -3.39. The number of fused-ring (bicyclic) bond motifs is 1. The summed E-state index contributed by atoms with van der Waals surface area (Å²) in [6, 6.07) is 12.4. The van der Waals surface area contributed by atoms with E-state index in [-0.39, 0.29) is 30.1 Å². The third-order valence-corrected chi connectivity index (χ3v) is 7.46. The van der Waals surface area contributed by atoms with E-state index >= 15 is 0 Å². The van der Waals surface area contributed by atoms with Gasteiger partial charge in [0.15, 0.2) is 5.82 Å². The summed E-state index contributed by atoms with van der Waals surface area (Å²) in [5, 5.41) is 14.8. The lowest BCUT2D eigenvalue weighted by Gasteiger charge is -2.18. The normalized spacial score (nSPS) is 23.7. The molecule has 0 saturated carbocycles. The molecule has 0 radical (unpaired) electrons. The van der Waals surface area contributed by atoms with Gasteiger partial charge in [-0.2, -0.15) is 0 Å². The monoisotopic (exact) mass is 500 g/mol. The van der Waals surface area contributed by atoms with Crippen molar-refractivity contribution in [2.75, 3.05) is 25.6 Å². The Morgan fingerprint density at radius 2 is 1.89 bits per heavy atom. The Morgan fingerprint density at radius 3 is 2.63 bits per heavy atom. The molecule has 5 rings (SSSR count). The zero-order valence-electron chi connectivity index (χ0n) is 19.0. The molecule has 2 N–H and O–H groups in total. The van der Waals surface area contributed by atoms with Crippen molar-refractivity contribution in [2.45, 2.75) is 36.1 Å². The molecule has 0 spiro atoms. The maximum absolute atomic E-state index is 13.0. The van der Waals surface area contributed by atoms with Crippen LogP contribution in [0.2, 0.25) is 0 Å². The number of anilines is 1. The van der Waals surface area contributed by atoms with Gasteiger partial charge in [0, 0.05) is 18.2 Å². The third kappa shape index (κ3) is 4.62. The molecule has 2 saturated heterocycles. The number of hydrogen-bond acceptors (Lipinski definition) is 9. The molecule has 12 nitrogen and oxygen atoms in total. The highest BCUT2D eigenvalue weighted by Crippen LogP contribution is 2.36. The van der Waals surface area contributed by atoms with Crippen molar-refractivity contribution >= 4 is 21.6 Å². The van der Waals surface area contributed by atoms with E-state index in [1.54, 1.807) is 11.8 Å². The van der Waals surface area contributed by atoms with Gasteiger partial charge in [-0.05, 0) is 46.8 Å². The molecule has 1 amide bonds. The summed E-state index contributed by atoms with van der Waals surface area (Å²) in [5.74, 6) is 0.970. The van der Waals surface area contributed by atoms with E-state index in [1.807, 2.05) is 24.3 Å². The molecule has 184 valence electrons. The van der Waals surface area contributed by atoms with Gasteiger partial charge in [0.2, 0.25) is 15.9 Å². The van der Waals surface area contributed by atoms with Crippen molar-refractivity contribution in [2.24, 2.45) is 0 Å². The number of carbonyl (C=O) groups excluding carboxylic acids is 1. The molecule has 3 aromatic rings. The smallest absolute Gasteiger partial charge is 0.240 e. The van der Waals surface area contributed by atoms with Gasteiger partial charge >= 0.3 is 0 Å². The number of methoxy groups -OCH3 is 1. The maximum atomic E-state index is 13.0. The number of nitrogens with one attached hydrogen (secondary N) is 2. The van der Waals surface area contributed by atoms with Gasteiger partial charge in [0.05, 0.1) is 31.3 Å². The Bertz CT molecular complexity index is 1330. The SMILES string of the molecule is COc1cccc(-c2nnnn2[C@H]2CO[C@H]3[C@@H]2OC[C@@H]3NS(=O)(=O)c2ccc(NC(C)=O)cc2)c1. The summed E-state index contributed by atoms with van der Waals surface area (Å²) in [6.07, 6.45) is -0.937. The first-order valence-corrected chi connectivity index (χ1v) is 12.4. The standard InChI is InChI=1S/C22H24N6O6S/c1-13(29)23-15-6-8-17(9-7-15)35(30,31)25-18-11-33-21-19(12-34-20(18)21)28-22(24-26-27-28)14-4-3-5-16(10-14)32-2/h3-10,18-21,25H,11-12H2,1-2H3,(H,23,29)/t18-,19-,20+,21+/m0/s1. The minimum Gasteiger partial charge on any atom is -0.497 e. The number of ether oxygens (including phenoxy) is 3. The predicted octanol–water partition coefficient (Wildman–Crippen LogP) is 0.993. The highest BCUT2D eigenvalue weighted by atomic mass is 32.2. The van der Waals surface area contributed by atoms with Gasteiger partial charge in [-0.25, -0.2) is 17.8 Å². The quantitative estimate of drug-likeness (QED) is 0.485. The zero-order chi connectivity index (χ0) is 24.6. The van der Waals surface area contributed by atoms with Gasteiger partial charge in [0.1, 0.15) is 24.0 Å². The predicted molar refractivity (Wildman–Crippen MR) is 123 cm³/mol. The first-order valence-electron chi connectivity index (χ1n) is 10.9. The topological polar surface area (TPSA) is 147 Å². The Labute approximate surface area is 201 Å². The number of benzene rings is 2. The molecule has 35 heavy (non-hydrogen) atoms. The number of rotatable bonds is 7. The second-order valence-electron chi connectivity index (χ2n) is 8.28. The summed E-state index contributed by atoms with van der Waals surface area (Å²) in [6.45, 7) is 1.79. The lowest BCUT2D eigenvalue weighted by atomic mass is 10.1. The molecule has 2 fully saturated rings. The molecule has 2 aliphatic heterocycles. The second-order valence-corrected chi connectivity index (χ2v) is 9.99. The van der Waals surface area contributed by atoms with Crippen LogP contribution in [-0.4, -0.2) is 73.1 Å². The van der Waals surface area contributed by atoms with E-state index in [1.165, 1.54) is 31.2 Å². The average molecular weight is 501 g/mol. The van der Waals surface area contributed by atoms with Crippen molar-refractivity contribution in [3.05, 3.63) is 48.5 Å². The largest absolute Gasteiger partial charge is 0.497 e. The van der Waals surface area contributed by atoms with Crippen molar-refractivity contribution in [3.63, 3.8) is 0 Å². The molecular formula is C22H24N6O6S. The summed E-state index contributed by atoms with van der Waals surface area (Å²) in [7, 11) is -2.26.